The molecule has 0 aliphatic carbocycles. The maximum atomic E-state index is 6.03. The Morgan fingerprint density at radius 2 is 1.79 bits per heavy atom. The topological polar surface area (TPSA) is 61.8 Å². The van der Waals surface area contributed by atoms with Crippen LogP contribution in [0.2, 0.25) is 0 Å². The van der Waals surface area contributed by atoms with Crippen LogP contribution >= 0.6 is 0 Å². The van der Waals surface area contributed by atoms with E-state index in [1.807, 2.05) is 39.8 Å². The molecule has 1 aliphatic heterocycles. The van der Waals surface area contributed by atoms with Crippen molar-refractivity contribution in [2.75, 3.05) is 38.8 Å². The first-order valence-corrected chi connectivity index (χ1v) is 8.48. The molecule has 0 aromatic carbocycles. The van der Waals surface area contributed by atoms with Crippen LogP contribution in [0.5, 0.6) is 0 Å². The number of anilines is 1. The fourth-order valence-corrected chi connectivity index (χ4v) is 2.26. The molecular formula is C17H29BN2O4. The SMILES string of the molecule is COCCOCCCNc1ccc(B2OC(C)(C)C(C)(C)O2)cn1. The number of hydrogen-bond donors (Lipinski definition) is 1. The molecule has 1 fully saturated rings. The van der Waals surface area contributed by atoms with Gasteiger partial charge < -0.3 is 24.1 Å². The van der Waals surface area contributed by atoms with Crippen LogP contribution in [-0.2, 0) is 18.8 Å². The first-order chi connectivity index (χ1) is 11.4. The number of hydrogen-bond acceptors (Lipinski definition) is 6. The molecule has 1 N–H and O–H groups in total. The van der Waals surface area contributed by atoms with Crippen molar-refractivity contribution in [3.63, 3.8) is 0 Å². The van der Waals surface area contributed by atoms with Crippen molar-refractivity contribution in [1.29, 1.82) is 0 Å². The first kappa shape index (κ1) is 19.2. The summed E-state index contributed by atoms with van der Waals surface area (Å²) in [6.07, 6.45) is 2.73. The molecule has 0 spiro atoms. The number of methoxy groups -OCH3 is 1. The molecule has 0 atom stereocenters. The van der Waals surface area contributed by atoms with Crippen LogP contribution in [0.1, 0.15) is 34.1 Å². The molecule has 0 saturated carbocycles. The lowest BCUT2D eigenvalue weighted by Crippen LogP contribution is -2.41. The van der Waals surface area contributed by atoms with Gasteiger partial charge in [-0.2, -0.15) is 0 Å². The second-order valence-corrected chi connectivity index (χ2v) is 6.95. The predicted octanol–water partition coefficient (Wildman–Crippen LogP) is 1.85. The second-order valence-electron chi connectivity index (χ2n) is 6.95. The molecule has 134 valence electrons. The number of ether oxygens (including phenoxy) is 2. The number of nitrogens with zero attached hydrogens (tertiary/aromatic N) is 1. The van der Waals surface area contributed by atoms with E-state index in [0.29, 0.717) is 19.8 Å². The molecule has 1 saturated heterocycles. The molecule has 0 amide bonds. The Kier molecular flexibility index (Phi) is 6.63. The quantitative estimate of drug-likeness (QED) is 0.549. The molecule has 1 aromatic heterocycles. The predicted molar refractivity (Wildman–Crippen MR) is 95.8 cm³/mol. The minimum Gasteiger partial charge on any atom is -0.399 e. The lowest BCUT2D eigenvalue weighted by Gasteiger charge is -2.32. The van der Waals surface area contributed by atoms with E-state index in [9.17, 15) is 0 Å². The van der Waals surface area contributed by atoms with Gasteiger partial charge in [-0.1, -0.05) is 6.07 Å². The summed E-state index contributed by atoms with van der Waals surface area (Å²) in [5.41, 5.74) is 0.261. The summed E-state index contributed by atoms with van der Waals surface area (Å²) in [5.74, 6) is 0.840. The first-order valence-electron chi connectivity index (χ1n) is 8.48. The molecule has 6 nitrogen and oxygen atoms in total. The second kappa shape index (κ2) is 8.29. The third-order valence-electron chi connectivity index (χ3n) is 4.52. The highest BCUT2D eigenvalue weighted by Crippen LogP contribution is 2.36. The Labute approximate surface area is 145 Å². The van der Waals surface area contributed by atoms with Gasteiger partial charge in [0.25, 0.3) is 0 Å². The van der Waals surface area contributed by atoms with Crippen molar-refractivity contribution in [1.82, 2.24) is 4.98 Å². The summed E-state index contributed by atoms with van der Waals surface area (Å²) in [5, 5.41) is 3.28. The molecule has 0 unspecified atom stereocenters. The maximum absolute atomic E-state index is 6.03. The largest absolute Gasteiger partial charge is 0.496 e. The highest BCUT2D eigenvalue weighted by Gasteiger charge is 2.51. The van der Waals surface area contributed by atoms with Crippen molar-refractivity contribution >= 4 is 18.4 Å². The third kappa shape index (κ3) is 4.93. The molecular weight excluding hydrogens is 307 g/mol. The lowest BCUT2D eigenvalue weighted by atomic mass is 9.80. The van der Waals surface area contributed by atoms with Crippen molar-refractivity contribution in [2.24, 2.45) is 0 Å². The Balaban J connectivity index is 1.76. The summed E-state index contributed by atoms with van der Waals surface area (Å²) in [4.78, 5) is 4.43. The fourth-order valence-electron chi connectivity index (χ4n) is 2.26. The van der Waals surface area contributed by atoms with Gasteiger partial charge in [-0.15, -0.1) is 0 Å². The van der Waals surface area contributed by atoms with E-state index in [0.717, 1.165) is 24.2 Å². The van der Waals surface area contributed by atoms with E-state index in [4.69, 9.17) is 18.8 Å². The summed E-state index contributed by atoms with van der Waals surface area (Å²) in [7, 11) is 1.30. The average Bonchev–Trinajstić information content (AvgIpc) is 2.75. The molecule has 24 heavy (non-hydrogen) atoms. The van der Waals surface area contributed by atoms with Gasteiger partial charge in [-0.3, -0.25) is 0 Å². The average molecular weight is 336 g/mol. The number of aromatic nitrogens is 1. The van der Waals surface area contributed by atoms with Gasteiger partial charge >= 0.3 is 7.12 Å². The molecule has 7 heteroatoms. The molecule has 1 aliphatic rings. The van der Waals surface area contributed by atoms with Crippen molar-refractivity contribution in [3.8, 4) is 0 Å². The van der Waals surface area contributed by atoms with E-state index in [1.165, 1.54) is 0 Å². The number of rotatable bonds is 9. The van der Waals surface area contributed by atoms with Gasteiger partial charge in [-0.05, 0) is 40.2 Å². The van der Waals surface area contributed by atoms with Crippen LogP contribution < -0.4 is 10.8 Å². The van der Waals surface area contributed by atoms with Crippen molar-refractivity contribution < 1.29 is 18.8 Å². The number of nitrogens with one attached hydrogen (secondary N) is 1. The van der Waals surface area contributed by atoms with E-state index in [2.05, 4.69) is 10.3 Å². The summed E-state index contributed by atoms with van der Waals surface area (Å²) < 4.78 is 22.4. The Morgan fingerprint density at radius 1 is 1.08 bits per heavy atom. The van der Waals surface area contributed by atoms with Gasteiger partial charge in [0.1, 0.15) is 5.82 Å². The van der Waals surface area contributed by atoms with Crippen LogP contribution in [0.4, 0.5) is 5.82 Å². The highest BCUT2D eigenvalue weighted by atomic mass is 16.7. The van der Waals surface area contributed by atoms with Crippen molar-refractivity contribution in [2.45, 2.75) is 45.3 Å². The van der Waals surface area contributed by atoms with E-state index in [-0.39, 0.29) is 18.3 Å². The molecule has 0 bridgehead atoms. The Morgan fingerprint density at radius 3 is 2.38 bits per heavy atom. The zero-order valence-electron chi connectivity index (χ0n) is 15.4. The van der Waals surface area contributed by atoms with Crippen LogP contribution in [-0.4, -0.2) is 56.8 Å². The third-order valence-corrected chi connectivity index (χ3v) is 4.52. The van der Waals surface area contributed by atoms with E-state index < -0.39 is 0 Å². The fraction of sp³-hybridized carbons (Fsp3) is 0.706. The Hall–Kier alpha value is -1.15. The molecule has 2 rings (SSSR count). The normalized spacial score (nSPS) is 18.8. The maximum Gasteiger partial charge on any atom is 0.496 e. The van der Waals surface area contributed by atoms with Gasteiger partial charge in [-0.25, -0.2) is 4.98 Å². The minimum atomic E-state index is -0.370. The van der Waals surface area contributed by atoms with E-state index >= 15 is 0 Å². The zero-order valence-corrected chi connectivity index (χ0v) is 15.4. The van der Waals surface area contributed by atoms with Gasteiger partial charge in [0.2, 0.25) is 0 Å². The molecule has 2 heterocycles. The van der Waals surface area contributed by atoms with Gasteiger partial charge in [0.15, 0.2) is 0 Å². The summed E-state index contributed by atoms with van der Waals surface area (Å²) in [6, 6.07) is 3.94. The van der Waals surface area contributed by atoms with Crippen LogP contribution in [0.25, 0.3) is 0 Å². The standard InChI is InChI=1S/C17H29BN2O4/c1-16(2)17(3,4)24-18(23-16)14-7-8-15(20-13-14)19-9-6-10-22-12-11-21-5/h7-8,13H,6,9-12H2,1-5H3,(H,19,20). The number of pyridine rings is 1. The zero-order chi connectivity index (χ0) is 17.6. The van der Waals surface area contributed by atoms with Crippen LogP contribution in [0.15, 0.2) is 18.3 Å². The molecule has 1 aromatic rings. The van der Waals surface area contributed by atoms with Gasteiger partial charge in [0, 0.05) is 31.9 Å². The summed E-state index contributed by atoms with van der Waals surface area (Å²) >= 11 is 0. The summed E-state index contributed by atoms with van der Waals surface area (Å²) in [6.45, 7) is 11.0. The monoisotopic (exact) mass is 336 g/mol. The van der Waals surface area contributed by atoms with Crippen LogP contribution in [0.3, 0.4) is 0 Å². The minimum absolute atomic E-state index is 0.336. The van der Waals surface area contributed by atoms with E-state index in [1.54, 1.807) is 13.3 Å². The smallest absolute Gasteiger partial charge is 0.399 e. The Bertz CT molecular complexity index is 492. The molecule has 0 radical (unpaired) electrons. The lowest BCUT2D eigenvalue weighted by molar-refractivity contribution is 0.00578. The van der Waals surface area contributed by atoms with Crippen LogP contribution in [0, 0.1) is 0 Å². The highest BCUT2D eigenvalue weighted by molar-refractivity contribution is 6.62. The van der Waals surface area contributed by atoms with Crippen molar-refractivity contribution in [3.05, 3.63) is 18.3 Å². The van der Waals surface area contributed by atoms with Gasteiger partial charge in [0.05, 0.1) is 24.4 Å².